The fourth-order valence-corrected chi connectivity index (χ4v) is 0.482. The number of carbonyl (C=O) groups excluding carboxylic acids is 3. The zero-order valence-corrected chi connectivity index (χ0v) is 11.6. The molecule has 13 heavy (non-hydrogen) atoms. The van der Waals surface area contributed by atoms with Crippen molar-refractivity contribution >= 4 is 17.8 Å². The maximum atomic E-state index is 10.3. The molecule has 0 aromatic carbocycles. The summed E-state index contributed by atoms with van der Waals surface area (Å²) < 4.78 is 0. The normalized spacial score (nSPS) is 14.5. The smallest absolute Gasteiger partial charge is 0.395 e. The van der Waals surface area contributed by atoms with E-state index in [0.717, 1.165) is 0 Å². The zero-order chi connectivity index (χ0) is 9.56. The van der Waals surface area contributed by atoms with Crippen LogP contribution in [0.2, 0.25) is 0 Å². The van der Waals surface area contributed by atoms with Gasteiger partial charge in [-0.25, -0.2) is 0 Å². The molecular weight excluding hydrogens is 398 g/mol. The molecule has 0 unspecified atom stereocenters. The first-order chi connectivity index (χ1) is 5.60. The van der Waals surface area contributed by atoms with Crippen LogP contribution in [0.25, 0.3) is 5.32 Å². The Kier molecular flexibility index (Phi) is 9.64. The molecule has 1 N–H and O–H groups in total. The molecule has 0 aromatic rings. The molecular formula is C7H10N2O3U. The average Bonchev–Trinajstić information content (AvgIpc) is 1.84. The topological polar surface area (TPSA) is 77.3 Å². The molecule has 0 aliphatic carbocycles. The molecule has 1 rings (SSSR count). The van der Waals surface area contributed by atoms with E-state index in [1.807, 2.05) is 25.6 Å². The van der Waals surface area contributed by atoms with E-state index in [9.17, 15) is 14.4 Å². The minimum absolute atomic E-state index is 0. The fourth-order valence-electron chi connectivity index (χ4n) is 0.482. The number of hydrogen-bond acceptors (Lipinski definition) is 3. The number of nitrogens with one attached hydrogen (secondary N) is 1. The summed E-state index contributed by atoms with van der Waals surface area (Å²) in [6.45, 7) is 4.00. The molecule has 1 fully saturated rings. The van der Waals surface area contributed by atoms with Crippen molar-refractivity contribution in [3.63, 3.8) is 0 Å². The number of barbiturate groups is 1. The Morgan fingerprint density at radius 3 is 2.08 bits per heavy atom. The average molecular weight is 408 g/mol. The summed E-state index contributed by atoms with van der Waals surface area (Å²) in [6.07, 6.45) is 1.69. The molecule has 0 radical (unpaired) electrons. The fraction of sp³-hybridized carbons (Fsp3) is 0.429. The Bertz CT molecular complexity index is 161. The van der Waals surface area contributed by atoms with Crippen LogP contribution in [0.4, 0.5) is 4.79 Å². The molecule has 6 heteroatoms. The molecule has 70 valence electrons. The second kappa shape index (κ2) is 8.27. The van der Waals surface area contributed by atoms with E-state index in [-0.39, 0.29) is 37.5 Å². The van der Waals surface area contributed by atoms with Crippen LogP contribution in [0.3, 0.4) is 0 Å². The van der Waals surface area contributed by atoms with Crippen LogP contribution in [0.5, 0.6) is 0 Å². The molecule has 1 heterocycles. The number of imide groups is 2. The van der Waals surface area contributed by atoms with Crippen LogP contribution < -0.4 is 5.32 Å². The minimum atomic E-state index is -0.865. The maximum absolute atomic E-state index is 10.3. The van der Waals surface area contributed by atoms with Gasteiger partial charge in [0.15, 0.2) is 17.8 Å². The van der Waals surface area contributed by atoms with Gasteiger partial charge in [-0.05, 0) is 0 Å². The van der Waals surface area contributed by atoms with Gasteiger partial charge in [0.2, 0.25) is 0 Å². The van der Waals surface area contributed by atoms with Crippen LogP contribution in [-0.2, 0) is 9.59 Å². The molecule has 0 bridgehead atoms. The van der Waals surface area contributed by atoms with E-state index < -0.39 is 17.8 Å². The Labute approximate surface area is 100 Å². The summed E-state index contributed by atoms with van der Waals surface area (Å²) in [7, 11) is 0. The van der Waals surface area contributed by atoms with Crippen molar-refractivity contribution < 1.29 is 45.5 Å². The van der Waals surface area contributed by atoms with Gasteiger partial charge in [0, 0.05) is 0 Å². The van der Waals surface area contributed by atoms with Crippen molar-refractivity contribution in [1.29, 1.82) is 0 Å². The second-order valence-electron chi connectivity index (χ2n) is 2.11. The van der Waals surface area contributed by atoms with Crippen molar-refractivity contribution in [3.8, 4) is 0 Å². The van der Waals surface area contributed by atoms with E-state index in [0.29, 0.717) is 0 Å². The first-order valence-corrected chi connectivity index (χ1v) is 3.42. The Morgan fingerprint density at radius 1 is 1.31 bits per heavy atom. The molecule has 0 atom stereocenters. The summed E-state index contributed by atoms with van der Waals surface area (Å²) in [5.41, 5.74) is 0. The molecule has 0 saturated carbocycles. The van der Waals surface area contributed by atoms with Gasteiger partial charge < -0.3 is 17.1 Å². The van der Waals surface area contributed by atoms with Crippen molar-refractivity contribution in [2.24, 2.45) is 0 Å². The van der Waals surface area contributed by atoms with Crippen LogP contribution >= 0.6 is 0 Å². The van der Waals surface area contributed by atoms with E-state index in [4.69, 9.17) is 0 Å². The monoisotopic (exact) mass is 408 g/mol. The predicted octanol–water partition coefficient (Wildman–Crippen LogP) is 0.757. The van der Waals surface area contributed by atoms with Gasteiger partial charge in [-0.3, -0.25) is 14.4 Å². The van der Waals surface area contributed by atoms with Crippen molar-refractivity contribution in [2.45, 2.75) is 20.3 Å². The van der Waals surface area contributed by atoms with Crippen LogP contribution in [-0.4, -0.2) is 17.8 Å². The first-order valence-electron chi connectivity index (χ1n) is 3.42. The number of amides is 4. The SMILES string of the molecule is C[CH-]C.O=C1CC(=O)NC(=O)[N-]1.[U+2]. The van der Waals surface area contributed by atoms with E-state index in [1.165, 1.54) is 0 Å². The molecule has 0 spiro atoms. The second-order valence-corrected chi connectivity index (χ2v) is 2.11. The molecule has 1 aliphatic heterocycles. The third kappa shape index (κ3) is 8.00. The standard InChI is InChI=1S/C4H4N2O3.C3H7.U/c7-2-1-3(8)6-4(9)5-2;1-3-2;/h1H2,(H2,5,6,7,8,9);3H,1-2H3;/q;-1;+2/p-1. The first kappa shape index (κ1) is 15.1. The Morgan fingerprint density at radius 2 is 1.77 bits per heavy atom. The van der Waals surface area contributed by atoms with Gasteiger partial charge in [0.1, 0.15) is 0 Å². The largest absolute Gasteiger partial charge is 2.00 e. The number of hydrogen-bond donors (Lipinski definition) is 1. The van der Waals surface area contributed by atoms with E-state index >= 15 is 0 Å². The molecule has 0 aromatic heterocycles. The van der Waals surface area contributed by atoms with Gasteiger partial charge in [-0.2, -0.15) is 13.8 Å². The molecule has 5 nitrogen and oxygen atoms in total. The van der Waals surface area contributed by atoms with Gasteiger partial charge in [0.25, 0.3) is 0 Å². The van der Waals surface area contributed by atoms with Gasteiger partial charge in [-0.1, -0.05) is 0 Å². The third-order valence-corrected chi connectivity index (χ3v) is 0.784. The van der Waals surface area contributed by atoms with Crippen LogP contribution in [0.15, 0.2) is 0 Å². The van der Waals surface area contributed by atoms with E-state index in [1.54, 1.807) is 0 Å². The summed E-state index contributed by atoms with van der Waals surface area (Å²) in [5.74, 6) is -1.26. The quantitative estimate of drug-likeness (QED) is 0.475. The number of carbonyl (C=O) groups is 3. The zero-order valence-electron chi connectivity index (χ0n) is 7.46. The Hall–Kier alpha value is -0.338. The summed E-state index contributed by atoms with van der Waals surface area (Å²) in [5, 5.41) is 4.77. The number of rotatable bonds is 0. The predicted molar refractivity (Wildman–Crippen MR) is 42.2 cm³/mol. The summed E-state index contributed by atoms with van der Waals surface area (Å²) in [6, 6.07) is -0.865. The minimum Gasteiger partial charge on any atom is -0.395 e. The molecule has 4 amide bonds. The van der Waals surface area contributed by atoms with Crippen molar-refractivity contribution in [3.05, 3.63) is 11.7 Å². The van der Waals surface area contributed by atoms with Crippen molar-refractivity contribution in [2.75, 3.05) is 0 Å². The van der Waals surface area contributed by atoms with Gasteiger partial charge in [0.05, 0.1) is 6.42 Å². The molecule has 1 saturated heterocycles. The van der Waals surface area contributed by atoms with Gasteiger partial charge in [-0.15, -0.1) is 0 Å². The summed E-state index contributed by atoms with van der Waals surface area (Å²) in [4.78, 5) is 30.7. The van der Waals surface area contributed by atoms with Crippen LogP contribution in [0, 0.1) is 37.5 Å². The summed E-state index contributed by atoms with van der Waals surface area (Å²) >= 11 is 0. The number of urea groups is 1. The van der Waals surface area contributed by atoms with Gasteiger partial charge >= 0.3 is 31.1 Å². The molecule has 1 aliphatic rings. The van der Waals surface area contributed by atoms with Crippen molar-refractivity contribution in [1.82, 2.24) is 5.32 Å². The van der Waals surface area contributed by atoms with Crippen LogP contribution in [0.1, 0.15) is 20.3 Å². The number of nitrogens with zero attached hydrogens (tertiary/aromatic N) is 1. The third-order valence-electron chi connectivity index (χ3n) is 0.784. The Balaban J connectivity index is 0. The van der Waals surface area contributed by atoms with E-state index in [2.05, 4.69) is 5.32 Å². The maximum Gasteiger partial charge on any atom is 2.00 e.